The molecule has 2 aromatic rings. The molecule has 21 heavy (non-hydrogen) atoms. The second-order valence-corrected chi connectivity index (χ2v) is 4.69. The maximum absolute atomic E-state index is 5.83. The monoisotopic (exact) mass is 287 g/mol. The van der Waals surface area contributed by atoms with Crippen molar-refractivity contribution in [1.29, 1.82) is 0 Å². The van der Waals surface area contributed by atoms with Gasteiger partial charge in [-0.15, -0.1) is 0 Å². The van der Waals surface area contributed by atoms with Gasteiger partial charge in [-0.3, -0.25) is 0 Å². The number of hydrogen-bond donors (Lipinski definition) is 1. The maximum Gasteiger partial charge on any atom is 0.163 e. The molecule has 112 valence electrons. The summed E-state index contributed by atoms with van der Waals surface area (Å²) in [5.41, 5.74) is 7.52. The normalized spacial score (nSPS) is 10.2. The fraction of sp³-hybridized carbons (Fsp3) is 0.294. The summed E-state index contributed by atoms with van der Waals surface area (Å²) in [6, 6.07) is 13.2. The molecule has 4 nitrogen and oxygen atoms in total. The van der Waals surface area contributed by atoms with Crippen LogP contribution in [0.5, 0.6) is 17.2 Å². The smallest absolute Gasteiger partial charge is 0.163 e. The van der Waals surface area contributed by atoms with E-state index in [0.717, 1.165) is 23.5 Å². The van der Waals surface area contributed by atoms with Crippen LogP contribution >= 0.6 is 0 Å². The van der Waals surface area contributed by atoms with E-state index in [0.29, 0.717) is 24.7 Å². The summed E-state index contributed by atoms with van der Waals surface area (Å²) in [6.45, 7) is 3.17. The molecule has 0 spiro atoms. The Kier molecular flexibility index (Phi) is 5.32. The molecule has 0 atom stereocenters. The molecule has 0 radical (unpaired) electrons. The van der Waals surface area contributed by atoms with Crippen LogP contribution in [-0.4, -0.2) is 13.7 Å². The van der Waals surface area contributed by atoms with Crippen molar-refractivity contribution in [3.63, 3.8) is 0 Å². The van der Waals surface area contributed by atoms with Crippen LogP contribution in [0.15, 0.2) is 42.5 Å². The minimum atomic E-state index is 0.454. The van der Waals surface area contributed by atoms with Gasteiger partial charge in [0.1, 0.15) is 12.4 Å². The van der Waals surface area contributed by atoms with Crippen molar-refractivity contribution in [1.82, 2.24) is 0 Å². The summed E-state index contributed by atoms with van der Waals surface area (Å²) in [5, 5.41) is 0. The fourth-order valence-corrected chi connectivity index (χ4v) is 1.85. The Morgan fingerprint density at radius 1 is 0.952 bits per heavy atom. The molecule has 0 bridgehead atoms. The Balaban J connectivity index is 2.05. The summed E-state index contributed by atoms with van der Waals surface area (Å²) < 4.78 is 16.6. The van der Waals surface area contributed by atoms with E-state index in [4.69, 9.17) is 19.9 Å². The topological polar surface area (TPSA) is 53.7 Å². The minimum Gasteiger partial charge on any atom is -0.497 e. The van der Waals surface area contributed by atoms with Crippen molar-refractivity contribution in [2.75, 3.05) is 19.5 Å². The number of anilines is 1. The number of nitrogens with two attached hydrogens (primary N) is 1. The average Bonchev–Trinajstić information content (AvgIpc) is 2.52. The molecule has 2 rings (SSSR count). The van der Waals surface area contributed by atoms with Crippen molar-refractivity contribution < 1.29 is 14.2 Å². The fourth-order valence-electron chi connectivity index (χ4n) is 1.85. The minimum absolute atomic E-state index is 0.454. The highest BCUT2D eigenvalue weighted by atomic mass is 16.5. The first-order chi connectivity index (χ1) is 10.2. The molecule has 0 heterocycles. The summed E-state index contributed by atoms with van der Waals surface area (Å²) >= 11 is 0. The molecular formula is C17H21NO3. The number of nitrogen functional groups attached to an aromatic ring is 1. The highest BCUT2D eigenvalue weighted by Crippen LogP contribution is 2.30. The molecule has 2 N–H and O–H groups in total. The van der Waals surface area contributed by atoms with E-state index in [2.05, 4.69) is 6.92 Å². The van der Waals surface area contributed by atoms with E-state index in [-0.39, 0.29) is 0 Å². The summed E-state index contributed by atoms with van der Waals surface area (Å²) in [6.07, 6.45) is 0.947. The molecule has 0 amide bonds. The zero-order valence-corrected chi connectivity index (χ0v) is 12.5. The molecule has 0 fully saturated rings. The van der Waals surface area contributed by atoms with Crippen molar-refractivity contribution in [2.24, 2.45) is 0 Å². The Morgan fingerprint density at radius 3 is 2.38 bits per heavy atom. The van der Waals surface area contributed by atoms with Crippen LogP contribution in [0.4, 0.5) is 5.69 Å². The number of rotatable bonds is 7. The van der Waals surface area contributed by atoms with E-state index in [1.165, 1.54) is 0 Å². The van der Waals surface area contributed by atoms with E-state index >= 15 is 0 Å². The van der Waals surface area contributed by atoms with Gasteiger partial charge in [-0.25, -0.2) is 0 Å². The van der Waals surface area contributed by atoms with E-state index < -0.39 is 0 Å². The first kappa shape index (κ1) is 15.0. The maximum atomic E-state index is 5.83. The number of methoxy groups -OCH3 is 1. The number of ether oxygens (including phenoxy) is 3. The van der Waals surface area contributed by atoms with Crippen molar-refractivity contribution in [2.45, 2.75) is 20.0 Å². The van der Waals surface area contributed by atoms with Gasteiger partial charge < -0.3 is 19.9 Å². The molecule has 0 unspecified atom stereocenters. The molecule has 2 aromatic carbocycles. The first-order valence-corrected chi connectivity index (χ1v) is 7.01. The Hall–Kier alpha value is -2.36. The Morgan fingerprint density at radius 2 is 1.71 bits per heavy atom. The SMILES string of the molecule is CCCOc1ccc(N)cc1OCc1ccc(OC)cc1. The van der Waals surface area contributed by atoms with Gasteiger partial charge in [-0.05, 0) is 36.2 Å². The Labute approximate surface area is 125 Å². The van der Waals surface area contributed by atoms with Crippen LogP contribution in [-0.2, 0) is 6.61 Å². The van der Waals surface area contributed by atoms with Crippen molar-refractivity contribution in [3.05, 3.63) is 48.0 Å². The van der Waals surface area contributed by atoms with Crippen LogP contribution in [0.3, 0.4) is 0 Å². The van der Waals surface area contributed by atoms with Gasteiger partial charge in [0.05, 0.1) is 13.7 Å². The lowest BCUT2D eigenvalue weighted by Gasteiger charge is -2.13. The van der Waals surface area contributed by atoms with Gasteiger partial charge >= 0.3 is 0 Å². The average molecular weight is 287 g/mol. The second kappa shape index (κ2) is 7.43. The zero-order chi connectivity index (χ0) is 15.1. The van der Waals surface area contributed by atoms with E-state index in [9.17, 15) is 0 Å². The molecule has 0 aliphatic carbocycles. The van der Waals surface area contributed by atoms with Crippen LogP contribution in [0.2, 0.25) is 0 Å². The Bertz CT molecular complexity index is 567. The third kappa shape index (κ3) is 4.31. The van der Waals surface area contributed by atoms with Crippen LogP contribution in [0.1, 0.15) is 18.9 Å². The third-order valence-electron chi connectivity index (χ3n) is 2.98. The van der Waals surface area contributed by atoms with Gasteiger partial charge in [0.2, 0.25) is 0 Å². The quantitative estimate of drug-likeness (QED) is 0.790. The predicted octanol–water partition coefficient (Wildman–Crippen LogP) is 3.65. The molecule has 0 aliphatic rings. The van der Waals surface area contributed by atoms with Crippen molar-refractivity contribution >= 4 is 5.69 Å². The third-order valence-corrected chi connectivity index (χ3v) is 2.98. The largest absolute Gasteiger partial charge is 0.497 e. The second-order valence-electron chi connectivity index (χ2n) is 4.69. The van der Waals surface area contributed by atoms with Gasteiger partial charge in [0, 0.05) is 11.8 Å². The molecule has 4 heteroatoms. The zero-order valence-electron chi connectivity index (χ0n) is 12.5. The van der Waals surface area contributed by atoms with Crippen LogP contribution in [0.25, 0.3) is 0 Å². The lowest BCUT2D eigenvalue weighted by Crippen LogP contribution is -2.01. The summed E-state index contributed by atoms with van der Waals surface area (Å²) in [7, 11) is 1.65. The molecule has 0 saturated heterocycles. The van der Waals surface area contributed by atoms with E-state index in [1.54, 1.807) is 13.2 Å². The highest BCUT2D eigenvalue weighted by Gasteiger charge is 2.06. The van der Waals surface area contributed by atoms with E-state index in [1.807, 2.05) is 36.4 Å². The molecule has 0 aromatic heterocycles. The van der Waals surface area contributed by atoms with Gasteiger partial charge in [0.15, 0.2) is 11.5 Å². The lowest BCUT2D eigenvalue weighted by atomic mass is 10.2. The van der Waals surface area contributed by atoms with Gasteiger partial charge in [0.25, 0.3) is 0 Å². The van der Waals surface area contributed by atoms with Gasteiger partial charge in [-0.2, -0.15) is 0 Å². The number of hydrogen-bond acceptors (Lipinski definition) is 4. The van der Waals surface area contributed by atoms with Gasteiger partial charge in [-0.1, -0.05) is 19.1 Å². The van der Waals surface area contributed by atoms with Crippen LogP contribution < -0.4 is 19.9 Å². The molecule has 0 aliphatic heterocycles. The van der Waals surface area contributed by atoms with Crippen molar-refractivity contribution in [3.8, 4) is 17.2 Å². The molecular weight excluding hydrogens is 266 g/mol. The highest BCUT2D eigenvalue weighted by molar-refractivity contribution is 5.52. The summed E-state index contributed by atoms with van der Waals surface area (Å²) in [4.78, 5) is 0. The number of benzene rings is 2. The lowest BCUT2D eigenvalue weighted by molar-refractivity contribution is 0.262. The first-order valence-electron chi connectivity index (χ1n) is 7.01. The standard InChI is InChI=1S/C17H21NO3/c1-3-10-20-16-9-6-14(18)11-17(16)21-12-13-4-7-15(19-2)8-5-13/h4-9,11H,3,10,12,18H2,1-2H3. The predicted molar refractivity (Wildman–Crippen MR) is 84.0 cm³/mol. The van der Waals surface area contributed by atoms with Crippen LogP contribution in [0, 0.1) is 0 Å². The summed E-state index contributed by atoms with van der Waals surface area (Å²) in [5.74, 6) is 2.22. The molecule has 0 saturated carbocycles.